The third kappa shape index (κ3) is 4.41. The molecular formula is C23H34ClN3O3. The number of methoxy groups -OCH3 is 2. The number of hydrogen-bond acceptors (Lipinski definition) is 5. The molecule has 1 amide bonds. The van der Waals surface area contributed by atoms with Crippen molar-refractivity contribution in [2.24, 2.45) is 11.3 Å². The Bertz CT molecular complexity index is 779. The number of carbonyl (C=O) groups excluding carboxylic acids is 1. The van der Waals surface area contributed by atoms with Crippen LogP contribution in [0.5, 0.6) is 11.5 Å². The second-order valence-corrected chi connectivity index (χ2v) is 9.58. The zero-order valence-electron chi connectivity index (χ0n) is 18.5. The second-order valence-electron chi connectivity index (χ2n) is 9.18. The highest BCUT2D eigenvalue weighted by atomic mass is 35.5. The minimum absolute atomic E-state index is 0.243. The van der Waals surface area contributed by atoms with Crippen LogP contribution in [0.4, 0.5) is 0 Å². The zero-order valence-corrected chi connectivity index (χ0v) is 19.2. The van der Waals surface area contributed by atoms with Crippen LogP contribution in [0.2, 0.25) is 5.02 Å². The summed E-state index contributed by atoms with van der Waals surface area (Å²) in [6.07, 6.45) is 4.36. The van der Waals surface area contributed by atoms with Crippen LogP contribution in [0, 0.1) is 11.3 Å². The van der Waals surface area contributed by atoms with E-state index >= 15 is 0 Å². The van der Waals surface area contributed by atoms with Gasteiger partial charge in [-0.25, -0.2) is 0 Å². The Hall–Kier alpha value is -1.50. The molecule has 1 spiro atoms. The molecule has 0 bridgehead atoms. The van der Waals surface area contributed by atoms with Gasteiger partial charge in [-0.15, -0.1) is 0 Å². The summed E-state index contributed by atoms with van der Waals surface area (Å²) in [7, 11) is 5.41. The van der Waals surface area contributed by atoms with Gasteiger partial charge in [0.15, 0.2) is 11.5 Å². The number of rotatable bonds is 5. The first-order chi connectivity index (χ1) is 14.5. The summed E-state index contributed by atoms with van der Waals surface area (Å²) in [5, 5.41) is 0.707. The predicted molar refractivity (Wildman–Crippen MR) is 118 cm³/mol. The first-order valence-electron chi connectivity index (χ1n) is 11.1. The Morgan fingerprint density at radius 2 is 1.77 bits per heavy atom. The lowest BCUT2D eigenvalue weighted by Crippen LogP contribution is -2.39. The smallest absolute Gasteiger partial charge is 0.226 e. The van der Waals surface area contributed by atoms with E-state index in [4.69, 9.17) is 21.1 Å². The van der Waals surface area contributed by atoms with Gasteiger partial charge in [-0.3, -0.25) is 9.69 Å². The molecule has 0 aromatic heterocycles. The number of piperidine rings is 1. The van der Waals surface area contributed by atoms with Crippen molar-refractivity contribution < 1.29 is 14.3 Å². The maximum atomic E-state index is 13.1. The number of likely N-dealkylation sites (N-methyl/N-ethyl adjacent to an activating group) is 1. The zero-order chi connectivity index (χ0) is 21.3. The Kier molecular flexibility index (Phi) is 6.47. The van der Waals surface area contributed by atoms with Gasteiger partial charge >= 0.3 is 0 Å². The number of likely N-dealkylation sites (tertiary alicyclic amines) is 1. The molecule has 30 heavy (non-hydrogen) atoms. The molecule has 2 aliphatic heterocycles. The van der Waals surface area contributed by atoms with Crippen molar-refractivity contribution in [2.45, 2.75) is 32.2 Å². The predicted octanol–water partition coefficient (Wildman–Crippen LogP) is 3.12. The van der Waals surface area contributed by atoms with Crippen molar-refractivity contribution in [2.75, 3.05) is 60.5 Å². The summed E-state index contributed by atoms with van der Waals surface area (Å²) in [6.45, 7) is 6.70. The van der Waals surface area contributed by atoms with Gasteiger partial charge in [0.2, 0.25) is 5.91 Å². The van der Waals surface area contributed by atoms with Crippen LogP contribution in [-0.4, -0.2) is 81.1 Å². The van der Waals surface area contributed by atoms with Gasteiger partial charge in [-0.05, 0) is 69.4 Å². The van der Waals surface area contributed by atoms with Crippen LogP contribution < -0.4 is 9.47 Å². The van der Waals surface area contributed by atoms with E-state index in [0.29, 0.717) is 22.4 Å². The van der Waals surface area contributed by atoms with E-state index < -0.39 is 0 Å². The highest BCUT2D eigenvalue weighted by molar-refractivity contribution is 6.31. The first kappa shape index (κ1) is 21.7. The van der Waals surface area contributed by atoms with Gasteiger partial charge in [-0.1, -0.05) is 11.6 Å². The summed E-state index contributed by atoms with van der Waals surface area (Å²) in [4.78, 5) is 20.0. The topological polar surface area (TPSA) is 45.2 Å². The molecule has 1 unspecified atom stereocenters. The van der Waals surface area contributed by atoms with Gasteiger partial charge in [0, 0.05) is 43.2 Å². The Labute approximate surface area is 185 Å². The number of hydrogen-bond donors (Lipinski definition) is 0. The highest BCUT2D eigenvalue weighted by Gasteiger charge is 2.59. The molecule has 3 fully saturated rings. The molecule has 0 N–H and O–H groups in total. The van der Waals surface area contributed by atoms with Crippen molar-refractivity contribution in [3.05, 3.63) is 22.7 Å². The molecule has 6 nitrogen and oxygen atoms in total. The third-order valence-electron chi connectivity index (χ3n) is 7.32. The van der Waals surface area contributed by atoms with E-state index in [1.54, 1.807) is 14.2 Å². The number of carbonyl (C=O) groups is 1. The fourth-order valence-electron chi connectivity index (χ4n) is 5.15. The van der Waals surface area contributed by atoms with Crippen molar-refractivity contribution in [3.8, 4) is 11.5 Å². The van der Waals surface area contributed by atoms with Gasteiger partial charge in [-0.2, -0.15) is 0 Å². The number of benzene rings is 1. The van der Waals surface area contributed by atoms with E-state index in [-0.39, 0.29) is 11.3 Å². The SMILES string of the molecule is COc1cc(Cl)c(CN2CCC3(CC2)CC3C(=O)N2CCCN(C)CC2)cc1OC. The van der Waals surface area contributed by atoms with Crippen molar-refractivity contribution >= 4 is 17.5 Å². The molecule has 1 aromatic rings. The Morgan fingerprint density at radius 3 is 2.47 bits per heavy atom. The number of nitrogens with zero attached hydrogens (tertiary/aromatic N) is 3. The maximum absolute atomic E-state index is 13.1. The van der Waals surface area contributed by atoms with Crippen LogP contribution in [-0.2, 0) is 11.3 Å². The standard InChI is InChI=1S/C23H34ClN3O3/c1-25-7-4-8-27(12-11-25)22(28)18-15-23(18)5-9-26(10-6-23)16-17-13-20(29-2)21(30-3)14-19(17)24/h13-14,18H,4-12,15-16H2,1-3H3. The third-order valence-corrected chi connectivity index (χ3v) is 7.67. The second kappa shape index (κ2) is 8.93. The summed E-state index contributed by atoms with van der Waals surface area (Å²) >= 11 is 6.48. The lowest BCUT2D eigenvalue weighted by molar-refractivity contribution is -0.133. The largest absolute Gasteiger partial charge is 0.493 e. The highest BCUT2D eigenvalue weighted by Crippen LogP contribution is 2.60. The number of amides is 1. The van der Waals surface area contributed by atoms with Crippen LogP contribution in [0.25, 0.3) is 0 Å². The molecule has 1 aliphatic carbocycles. The van der Waals surface area contributed by atoms with Crippen LogP contribution in [0.1, 0.15) is 31.2 Å². The molecule has 1 saturated carbocycles. The molecule has 1 atom stereocenters. The summed E-state index contributed by atoms with van der Waals surface area (Å²) in [5.74, 6) is 2.01. The van der Waals surface area contributed by atoms with Crippen molar-refractivity contribution in [1.29, 1.82) is 0 Å². The Morgan fingerprint density at radius 1 is 1.07 bits per heavy atom. The molecule has 3 aliphatic rings. The van der Waals surface area contributed by atoms with E-state index in [1.165, 1.54) is 0 Å². The lowest BCUT2D eigenvalue weighted by Gasteiger charge is -2.33. The van der Waals surface area contributed by atoms with Gasteiger partial charge < -0.3 is 19.3 Å². The van der Waals surface area contributed by atoms with Crippen molar-refractivity contribution in [3.63, 3.8) is 0 Å². The minimum atomic E-state index is 0.243. The lowest BCUT2D eigenvalue weighted by atomic mass is 9.90. The average molecular weight is 436 g/mol. The van der Waals surface area contributed by atoms with Gasteiger partial charge in [0.05, 0.1) is 14.2 Å². The molecule has 0 radical (unpaired) electrons. The first-order valence-corrected chi connectivity index (χ1v) is 11.4. The maximum Gasteiger partial charge on any atom is 0.226 e. The molecule has 2 saturated heterocycles. The number of halogens is 1. The van der Waals surface area contributed by atoms with E-state index in [2.05, 4.69) is 21.7 Å². The molecule has 166 valence electrons. The van der Waals surface area contributed by atoms with Crippen molar-refractivity contribution in [1.82, 2.24) is 14.7 Å². The van der Waals surface area contributed by atoms with E-state index in [0.717, 1.165) is 77.1 Å². The summed E-state index contributed by atoms with van der Waals surface area (Å²) < 4.78 is 10.8. The van der Waals surface area contributed by atoms with E-state index in [9.17, 15) is 4.79 Å². The summed E-state index contributed by atoms with van der Waals surface area (Å²) in [6, 6.07) is 3.81. The van der Waals surface area contributed by atoms with Crippen LogP contribution in [0.3, 0.4) is 0 Å². The van der Waals surface area contributed by atoms with Gasteiger partial charge in [0.1, 0.15) is 0 Å². The minimum Gasteiger partial charge on any atom is -0.493 e. The van der Waals surface area contributed by atoms with E-state index in [1.807, 2.05) is 12.1 Å². The number of ether oxygens (including phenoxy) is 2. The molecule has 4 rings (SSSR count). The van der Waals surface area contributed by atoms with Crippen LogP contribution in [0.15, 0.2) is 12.1 Å². The van der Waals surface area contributed by atoms with Gasteiger partial charge in [0.25, 0.3) is 0 Å². The molecule has 2 heterocycles. The fraction of sp³-hybridized carbons (Fsp3) is 0.696. The Balaban J connectivity index is 1.32. The molecule has 7 heteroatoms. The van der Waals surface area contributed by atoms with Crippen LogP contribution >= 0.6 is 11.6 Å². The average Bonchev–Trinajstić information content (AvgIpc) is 3.50. The normalized spacial score (nSPS) is 24.5. The quantitative estimate of drug-likeness (QED) is 0.711. The molecule has 1 aromatic carbocycles. The fourth-order valence-corrected chi connectivity index (χ4v) is 5.36. The molecular weight excluding hydrogens is 402 g/mol. The monoisotopic (exact) mass is 435 g/mol. The summed E-state index contributed by atoms with van der Waals surface area (Å²) in [5.41, 5.74) is 1.30.